The standard InChI is InChI=1S/C20H19N3O/c1-20(11-19(21)24,14-7-6-13-8-9-22-18(13)10-14)16-12-23-17-5-3-2-4-15(16)17/h2-10,12,22-23H,11H2,1H3,(H2,21,24). The predicted molar refractivity (Wildman–Crippen MR) is 96.9 cm³/mol. The number of para-hydroxylation sites is 1. The summed E-state index contributed by atoms with van der Waals surface area (Å²) in [5, 5.41) is 2.27. The van der Waals surface area contributed by atoms with Crippen molar-refractivity contribution in [3.63, 3.8) is 0 Å². The maximum absolute atomic E-state index is 11.8. The number of nitrogens with one attached hydrogen (secondary N) is 2. The summed E-state index contributed by atoms with van der Waals surface area (Å²) in [6.45, 7) is 2.08. The lowest BCUT2D eigenvalue weighted by Crippen LogP contribution is -2.30. The first-order chi connectivity index (χ1) is 11.6. The van der Waals surface area contributed by atoms with Crippen molar-refractivity contribution in [3.8, 4) is 0 Å². The summed E-state index contributed by atoms with van der Waals surface area (Å²) in [4.78, 5) is 18.4. The zero-order valence-corrected chi connectivity index (χ0v) is 13.5. The molecule has 0 aliphatic carbocycles. The number of hydrogen-bond donors (Lipinski definition) is 3. The molecule has 0 saturated carbocycles. The number of H-pyrrole nitrogens is 2. The number of nitrogens with two attached hydrogens (primary N) is 1. The van der Waals surface area contributed by atoms with Crippen molar-refractivity contribution >= 4 is 27.7 Å². The molecule has 1 amide bonds. The highest BCUT2D eigenvalue weighted by atomic mass is 16.1. The second-order valence-electron chi connectivity index (χ2n) is 6.50. The van der Waals surface area contributed by atoms with Crippen molar-refractivity contribution in [1.29, 1.82) is 0 Å². The van der Waals surface area contributed by atoms with Crippen molar-refractivity contribution in [3.05, 3.63) is 72.1 Å². The highest BCUT2D eigenvalue weighted by Crippen LogP contribution is 2.40. The Balaban J connectivity index is 1.96. The molecule has 120 valence electrons. The van der Waals surface area contributed by atoms with E-state index < -0.39 is 5.41 Å². The Kier molecular flexibility index (Phi) is 3.20. The maximum atomic E-state index is 11.8. The first-order valence-electron chi connectivity index (χ1n) is 8.00. The van der Waals surface area contributed by atoms with Crippen molar-refractivity contribution in [1.82, 2.24) is 9.97 Å². The smallest absolute Gasteiger partial charge is 0.218 e. The molecule has 0 spiro atoms. The molecule has 4 heteroatoms. The van der Waals surface area contributed by atoms with E-state index in [1.54, 1.807) is 0 Å². The van der Waals surface area contributed by atoms with Crippen LogP contribution >= 0.6 is 0 Å². The number of carbonyl (C=O) groups excluding carboxylic acids is 1. The Morgan fingerprint density at radius 1 is 1.08 bits per heavy atom. The highest BCUT2D eigenvalue weighted by molar-refractivity contribution is 5.88. The van der Waals surface area contributed by atoms with Gasteiger partial charge in [-0.25, -0.2) is 0 Å². The van der Waals surface area contributed by atoms with Gasteiger partial charge < -0.3 is 15.7 Å². The van der Waals surface area contributed by atoms with Crippen LogP contribution in [0.3, 0.4) is 0 Å². The van der Waals surface area contributed by atoms with E-state index in [-0.39, 0.29) is 12.3 Å². The SMILES string of the molecule is CC(CC(N)=O)(c1ccc2cc[nH]c2c1)c1c[nH]c2ccccc12. The molecule has 1 unspecified atom stereocenters. The average Bonchev–Trinajstić information content (AvgIpc) is 3.20. The lowest BCUT2D eigenvalue weighted by molar-refractivity contribution is -0.118. The van der Waals surface area contributed by atoms with Crippen molar-refractivity contribution in [2.75, 3.05) is 0 Å². The van der Waals surface area contributed by atoms with Gasteiger partial charge >= 0.3 is 0 Å². The number of carbonyl (C=O) groups is 1. The molecule has 4 N–H and O–H groups in total. The summed E-state index contributed by atoms with van der Waals surface area (Å²) in [5.41, 5.74) is 9.38. The van der Waals surface area contributed by atoms with E-state index in [1.165, 1.54) is 0 Å². The first-order valence-corrected chi connectivity index (χ1v) is 8.00. The van der Waals surface area contributed by atoms with Gasteiger partial charge in [-0.2, -0.15) is 0 Å². The van der Waals surface area contributed by atoms with Gasteiger partial charge in [0.2, 0.25) is 5.91 Å². The first kappa shape index (κ1) is 14.6. The van der Waals surface area contributed by atoms with Crippen LogP contribution in [0.4, 0.5) is 0 Å². The average molecular weight is 317 g/mol. The molecule has 2 aromatic heterocycles. The largest absolute Gasteiger partial charge is 0.370 e. The minimum Gasteiger partial charge on any atom is -0.370 e. The van der Waals surface area contributed by atoms with Gasteiger partial charge in [-0.3, -0.25) is 4.79 Å². The molecule has 4 rings (SSSR count). The molecule has 24 heavy (non-hydrogen) atoms. The minimum atomic E-state index is -0.495. The third-order valence-corrected chi connectivity index (χ3v) is 4.90. The fourth-order valence-corrected chi connectivity index (χ4v) is 3.62. The zero-order chi connectivity index (χ0) is 16.7. The maximum Gasteiger partial charge on any atom is 0.218 e. The van der Waals surface area contributed by atoms with Gasteiger partial charge in [0, 0.05) is 40.6 Å². The third-order valence-electron chi connectivity index (χ3n) is 4.90. The van der Waals surface area contributed by atoms with Gasteiger partial charge in [0.05, 0.1) is 0 Å². The van der Waals surface area contributed by atoms with Gasteiger partial charge in [0.15, 0.2) is 0 Å². The molecule has 1 atom stereocenters. The number of aromatic amines is 2. The Morgan fingerprint density at radius 3 is 2.75 bits per heavy atom. The Morgan fingerprint density at radius 2 is 1.92 bits per heavy atom. The van der Waals surface area contributed by atoms with Crippen LogP contribution in [0.25, 0.3) is 21.8 Å². The van der Waals surface area contributed by atoms with Crippen LogP contribution in [0.5, 0.6) is 0 Å². The molecule has 4 nitrogen and oxygen atoms in total. The van der Waals surface area contributed by atoms with Gasteiger partial charge in [0.1, 0.15) is 0 Å². The summed E-state index contributed by atoms with van der Waals surface area (Å²) in [5.74, 6) is -0.311. The van der Waals surface area contributed by atoms with E-state index in [0.717, 1.165) is 32.9 Å². The number of benzene rings is 2. The number of rotatable bonds is 4. The normalized spacial score (nSPS) is 14.0. The fourth-order valence-electron chi connectivity index (χ4n) is 3.62. The Labute approximate surface area is 139 Å². The predicted octanol–water partition coefficient (Wildman–Crippen LogP) is 3.83. The Hall–Kier alpha value is -3.01. The van der Waals surface area contributed by atoms with Gasteiger partial charge in [-0.1, -0.05) is 37.3 Å². The third kappa shape index (κ3) is 2.19. The van der Waals surface area contributed by atoms with Crippen LogP contribution in [0.1, 0.15) is 24.5 Å². The molecule has 2 aromatic carbocycles. The van der Waals surface area contributed by atoms with Crippen LogP contribution in [-0.4, -0.2) is 15.9 Å². The van der Waals surface area contributed by atoms with E-state index in [1.807, 2.05) is 36.7 Å². The number of hydrogen-bond acceptors (Lipinski definition) is 1. The molecule has 2 heterocycles. The van der Waals surface area contributed by atoms with Crippen LogP contribution in [0.2, 0.25) is 0 Å². The second-order valence-corrected chi connectivity index (χ2v) is 6.50. The fraction of sp³-hybridized carbons (Fsp3) is 0.150. The van der Waals surface area contributed by atoms with Crippen LogP contribution in [0.15, 0.2) is 60.9 Å². The molecule has 0 aliphatic rings. The minimum absolute atomic E-state index is 0.251. The van der Waals surface area contributed by atoms with Crippen molar-refractivity contribution < 1.29 is 4.79 Å². The van der Waals surface area contributed by atoms with Crippen LogP contribution in [0, 0.1) is 0 Å². The Bertz CT molecular complexity index is 1040. The lowest BCUT2D eigenvalue weighted by Gasteiger charge is -2.29. The van der Waals surface area contributed by atoms with Crippen LogP contribution in [-0.2, 0) is 10.2 Å². The summed E-state index contributed by atoms with van der Waals surface area (Å²) in [7, 11) is 0. The quantitative estimate of drug-likeness (QED) is 0.526. The monoisotopic (exact) mass is 317 g/mol. The van der Waals surface area contributed by atoms with Crippen molar-refractivity contribution in [2.45, 2.75) is 18.8 Å². The molecule has 0 radical (unpaired) electrons. The molecular weight excluding hydrogens is 298 g/mol. The second kappa shape index (κ2) is 5.27. The molecular formula is C20H19N3O. The molecule has 0 saturated heterocycles. The zero-order valence-electron chi connectivity index (χ0n) is 13.5. The summed E-state index contributed by atoms with van der Waals surface area (Å²) in [6.07, 6.45) is 4.17. The number of primary amides is 1. The number of amides is 1. The van der Waals surface area contributed by atoms with Crippen LogP contribution < -0.4 is 5.73 Å². The molecule has 0 fully saturated rings. The molecule has 4 aromatic rings. The van der Waals surface area contributed by atoms with Gasteiger partial charge in [-0.05, 0) is 34.7 Å². The van der Waals surface area contributed by atoms with E-state index in [0.29, 0.717) is 0 Å². The van der Waals surface area contributed by atoms with Gasteiger partial charge in [0.25, 0.3) is 0 Å². The molecule has 0 bridgehead atoms. The summed E-state index contributed by atoms with van der Waals surface area (Å²) in [6, 6.07) is 16.4. The van der Waals surface area contributed by atoms with Gasteiger partial charge in [-0.15, -0.1) is 0 Å². The highest BCUT2D eigenvalue weighted by Gasteiger charge is 2.33. The van der Waals surface area contributed by atoms with E-state index in [2.05, 4.69) is 41.2 Å². The number of aromatic nitrogens is 2. The van der Waals surface area contributed by atoms with E-state index in [4.69, 9.17) is 5.73 Å². The topological polar surface area (TPSA) is 74.7 Å². The summed E-state index contributed by atoms with van der Waals surface area (Å²) < 4.78 is 0. The molecule has 0 aliphatic heterocycles. The summed E-state index contributed by atoms with van der Waals surface area (Å²) >= 11 is 0. The van der Waals surface area contributed by atoms with E-state index >= 15 is 0 Å². The lowest BCUT2D eigenvalue weighted by atomic mass is 9.73. The van der Waals surface area contributed by atoms with E-state index in [9.17, 15) is 4.79 Å². The van der Waals surface area contributed by atoms with Crippen molar-refractivity contribution in [2.24, 2.45) is 5.73 Å². The number of fused-ring (bicyclic) bond motifs is 2.